The quantitative estimate of drug-likeness (QED) is 0.849. The van der Waals surface area contributed by atoms with E-state index in [1.54, 1.807) is 24.1 Å². The molecule has 17 heavy (non-hydrogen) atoms. The van der Waals surface area contributed by atoms with E-state index in [0.717, 1.165) is 16.2 Å². The van der Waals surface area contributed by atoms with Crippen LogP contribution in [0.15, 0.2) is 45.9 Å². The first-order chi connectivity index (χ1) is 8.16. The van der Waals surface area contributed by atoms with Gasteiger partial charge in [-0.25, -0.2) is 0 Å². The van der Waals surface area contributed by atoms with Gasteiger partial charge in [0, 0.05) is 21.2 Å². The van der Waals surface area contributed by atoms with Crippen molar-refractivity contribution in [2.24, 2.45) is 0 Å². The summed E-state index contributed by atoms with van der Waals surface area (Å²) in [4.78, 5) is 1.05. The lowest BCUT2D eigenvalue weighted by atomic mass is 10.2. The van der Waals surface area contributed by atoms with Crippen molar-refractivity contribution in [1.82, 2.24) is 0 Å². The number of furan rings is 1. The van der Waals surface area contributed by atoms with Crippen LogP contribution in [0.25, 0.3) is 0 Å². The molecule has 2 rings (SSSR count). The standard InChI is InChI=1S/C13H13ClO2S/c1-9-12(5-6-16-9)13(15)8-17-11-4-2-3-10(14)7-11/h2-7,13,15H,8H2,1H3. The van der Waals surface area contributed by atoms with Gasteiger partial charge in [0.05, 0.1) is 12.4 Å². The Kier molecular flexibility index (Phi) is 4.15. The van der Waals surface area contributed by atoms with Crippen molar-refractivity contribution >= 4 is 23.4 Å². The summed E-state index contributed by atoms with van der Waals surface area (Å²) in [6.45, 7) is 1.85. The second-order valence-electron chi connectivity index (χ2n) is 3.72. The molecule has 1 aromatic carbocycles. The second kappa shape index (κ2) is 5.63. The third-order valence-electron chi connectivity index (χ3n) is 2.46. The van der Waals surface area contributed by atoms with Crippen LogP contribution in [-0.4, -0.2) is 10.9 Å². The van der Waals surface area contributed by atoms with Crippen molar-refractivity contribution in [3.63, 3.8) is 0 Å². The van der Waals surface area contributed by atoms with Crippen molar-refractivity contribution < 1.29 is 9.52 Å². The summed E-state index contributed by atoms with van der Waals surface area (Å²) >= 11 is 7.47. The monoisotopic (exact) mass is 268 g/mol. The highest BCUT2D eigenvalue weighted by Crippen LogP contribution is 2.28. The van der Waals surface area contributed by atoms with Gasteiger partial charge in [0.15, 0.2) is 0 Å². The molecule has 1 unspecified atom stereocenters. The maximum atomic E-state index is 10.0. The first kappa shape index (κ1) is 12.6. The SMILES string of the molecule is Cc1occc1C(O)CSc1cccc(Cl)c1. The van der Waals surface area contributed by atoms with Crippen LogP contribution in [0.5, 0.6) is 0 Å². The molecular weight excluding hydrogens is 256 g/mol. The topological polar surface area (TPSA) is 33.4 Å². The minimum absolute atomic E-state index is 0.516. The number of halogens is 1. The average Bonchev–Trinajstić information content (AvgIpc) is 2.72. The van der Waals surface area contributed by atoms with E-state index in [1.165, 1.54) is 0 Å². The van der Waals surface area contributed by atoms with Gasteiger partial charge in [0.25, 0.3) is 0 Å². The number of aryl methyl sites for hydroxylation is 1. The highest BCUT2D eigenvalue weighted by atomic mass is 35.5. The molecule has 0 bridgehead atoms. The van der Waals surface area contributed by atoms with Crippen molar-refractivity contribution in [2.45, 2.75) is 17.9 Å². The van der Waals surface area contributed by atoms with E-state index in [1.807, 2.05) is 31.2 Å². The van der Waals surface area contributed by atoms with Crippen LogP contribution >= 0.6 is 23.4 Å². The molecule has 90 valence electrons. The van der Waals surface area contributed by atoms with E-state index in [2.05, 4.69) is 0 Å². The zero-order valence-corrected chi connectivity index (χ0v) is 11.0. The van der Waals surface area contributed by atoms with Crippen LogP contribution in [0, 0.1) is 6.92 Å². The molecule has 2 aromatic rings. The highest BCUT2D eigenvalue weighted by molar-refractivity contribution is 7.99. The summed E-state index contributed by atoms with van der Waals surface area (Å²) in [6.07, 6.45) is 1.08. The predicted octanol–water partition coefficient (Wildman–Crippen LogP) is 4.07. The molecular formula is C13H13ClO2S. The van der Waals surface area contributed by atoms with E-state index in [9.17, 15) is 5.11 Å². The van der Waals surface area contributed by atoms with Gasteiger partial charge >= 0.3 is 0 Å². The molecule has 0 saturated carbocycles. The van der Waals surface area contributed by atoms with Crippen molar-refractivity contribution in [3.8, 4) is 0 Å². The maximum Gasteiger partial charge on any atom is 0.106 e. The lowest BCUT2D eigenvalue weighted by Crippen LogP contribution is -2.00. The van der Waals surface area contributed by atoms with E-state index in [4.69, 9.17) is 16.0 Å². The van der Waals surface area contributed by atoms with Gasteiger partial charge in [-0.05, 0) is 31.2 Å². The van der Waals surface area contributed by atoms with Gasteiger partial charge in [-0.1, -0.05) is 17.7 Å². The molecule has 1 heterocycles. The minimum Gasteiger partial charge on any atom is -0.469 e. The summed E-state index contributed by atoms with van der Waals surface area (Å²) in [7, 11) is 0. The number of hydrogen-bond donors (Lipinski definition) is 1. The summed E-state index contributed by atoms with van der Waals surface area (Å²) in [5.41, 5.74) is 0.847. The average molecular weight is 269 g/mol. The number of aliphatic hydroxyl groups is 1. The Morgan fingerprint density at radius 2 is 2.24 bits per heavy atom. The van der Waals surface area contributed by atoms with Crippen LogP contribution in [0.4, 0.5) is 0 Å². The third-order valence-corrected chi connectivity index (χ3v) is 3.77. The fourth-order valence-electron chi connectivity index (χ4n) is 1.56. The minimum atomic E-state index is -0.516. The molecule has 1 aromatic heterocycles. The number of thioether (sulfide) groups is 1. The zero-order chi connectivity index (χ0) is 12.3. The fraction of sp³-hybridized carbons (Fsp3) is 0.231. The molecule has 4 heteroatoms. The van der Waals surface area contributed by atoms with Crippen LogP contribution in [-0.2, 0) is 0 Å². The van der Waals surface area contributed by atoms with E-state index in [-0.39, 0.29) is 0 Å². The Morgan fingerprint density at radius 1 is 1.41 bits per heavy atom. The summed E-state index contributed by atoms with van der Waals surface area (Å²) in [5.74, 6) is 1.35. The maximum absolute atomic E-state index is 10.0. The van der Waals surface area contributed by atoms with E-state index < -0.39 is 6.10 Å². The lowest BCUT2D eigenvalue weighted by molar-refractivity contribution is 0.202. The Bertz CT molecular complexity index is 496. The smallest absolute Gasteiger partial charge is 0.106 e. The third kappa shape index (κ3) is 3.28. The molecule has 0 aliphatic carbocycles. The Balaban J connectivity index is 1.97. The van der Waals surface area contributed by atoms with Crippen molar-refractivity contribution in [2.75, 3.05) is 5.75 Å². The number of benzene rings is 1. The second-order valence-corrected chi connectivity index (χ2v) is 5.25. The number of rotatable bonds is 4. The van der Waals surface area contributed by atoms with Gasteiger partial charge in [-0.3, -0.25) is 0 Å². The lowest BCUT2D eigenvalue weighted by Gasteiger charge is -2.09. The van der Waals surface area contributed by atoms with Crippen molar-refractivity contribution in [3.05, 3.63) is 52.9 Å². The molecule has 0 aliphatic rings. The Hall–Kier alpha value is -0.900. The fourth-order valence-corrected chi connectivity index (χ4v) is 2.73. The van der Waals surface area contributed by atoms with Gasteiger partial charge in [-0.15, -0.1) is 11.8 Å². The first-order valence-corrected chi connectivity index (χ1v) is 6.63. The Labute approximate surface area is 110 Å². The van der Waals surface area contributed by atoms with Gasteiger partial charge < -0.3 is 9.52 Å². The molecule has 0 fully saturated rings. The molecule has 0 spiro atoms. The highest BCUT2D eigenvalue weighted by Gasteiger charge is 2.12. The zero-order valence-electron chi connectivity index (χ0n) is 9.39. The summed E-state index contributed by atoms with van der Waals surface area (Å²) in [6, 6.07) is 9.41. The molecule has 2 nitrogen and oxygen atoms in total. The van der Waals surface area contributed by atoms with Gasteiger partial charge in [-0.2, -0.15) is 0 Å². The van der Waals surface area contributed by atoms with Crippen LogP contribution in [0.2, 0.25) is 5.02 Å². The normalized spacial score (nSPS) is 12.6. The van der Waals surface area contributed by atoms with E-state index >= 15 is 0 Å². The first-order valence-electron chi connectivity index (χ1n) is 5.27. The molecule has 0 amide bonds. The molecule has 1 atom stereocenters. The predicted molar refractivity (Wildman–Crippen MR) is 70.6 cm³/mol. The molecule has 0 saturated heterocycles. The number of hydrogen-bond acceptors (Lipinski definition) is 3. The van der Waals surface area contributed by atoms with Crippen LogP contribution in [0.1, 0.15) is 17.4 Å². The van der Waals surface area contributed by atoms with Crippen molar-refractivity contribution in [1.29, 1.82) is 0 Å². The van der Waals surface area contributed by atoms with Crippen LogP contribution in [0.3, 0.4) is 0 Å². The van der Waals surface area contributed by atoms with Crippen LogP contribution < -0.4 is 0 Å². The van der Waals surface area contributed by atoms with E-state index in [0.29, 0.717) is 10.8 Å². The summed E-state index contributed by atoms with van der Waals surface area (Å²) in [5, 5.41) is 10.7. The molecule has 0 aliphatic heterocycles. The van der Waals surface area contributed by atoms with Gasteiger partial charge in [0.1, 0.15) is 5.76 Å². The van der Waals surface area contributed by atoms with Gasteiger partial charge in [0.2, 0.25) is 0 Å². The molecule has 0 radical (unpaired) electrons. The number of aliphatic hydroxyl groups excluding tert-OH is 1. The largest absolute Gasteiger partial charge is 0.469 e. The summed E-state index contributed by atoms with van der Waals surface area (Å²) < 4.78 is 5.17. The Morgan fingerprint density at radius 3 is 2.88 bits per heavy atom. The molecule has 1 N–H and O–H groups in total.